The van der Waals surface area contributed by atoms with Crippen LogP contribution in [0.1, 0.15) is 25.7 Å². The van der Waals surface area contributed by atoms with Gasteiger partial charge in [0.2, 0.25) is 5.91 Å². The van der Waals surface area contributed by atoms with E-state index in [4.69, 9.17) is 9.47 Å². The third-order valence-electron chi connectivity index (χ3n) is 5.61. The highest BCUT2D eigenvalue weighted by atomic mass is 16.6. The summed E-state index contributed by atoms with van der Waals surface area (Å²) in [5.41, 5.74) is 0. The second-order valence-corrected chi connectivity index (χ2v) is 7.58. The van der Waals surface area contributed by atoms with Crippen molar-refractivity contribution in [3.63, 3.8) is 0 Å². The molecule has 0 spiro atoms. The molecule has 3 aliphatic heterocycles. The summed E-state index contributed by atoms with van der Waals surface area (Å²) in [4.78, 5) is 17.3. The quantitative estimate of drug-likeness (QED) is 0.834. The lowest BCUT2D eigenvalue weighted by molar-refractivity contribution is -0.123. The van der Waals surface area contributed by atoms with Crippen LogP contribution in [0.15, 0.2) is 24.3 Å². The highest BCUT2D eigenvalue weighted by molar-refractivity contribution is 5.78. The second kappa shape index (κ2) is 8.27. The van der Waals surface area contributed by atoms with Crippen molar-refractivity contribution in [3.05, 3.63) is 24.3 Å². The maximum atomic E-state index is 12.4. The van der Waals surface area contributed by atoms with E-state index < -0.39 is 0 Å². The van der Waals surface area contributed by atoms with Crippen LogP contribution in [0, 0.1) is 0 Å². The summed E-state index contributed by atoms with van der Waals surface area (Å²) >= 11 is 0. The highest BCUT2D eigenvalue weighted by Gasteiger charge is 2.29. The molecular weight excluding hydrogens is 330 g/mol. The van der Waals surface area contributed by atoms with Crippen molar-refractivity contribution in [3.8, 4) is 11.5 Å². The topological polar surface area (TPSA) is 54.0 Å². The minimum atomic E-state index is -0.132. The zero-order valence-corrected chi connectivity index (χ0v) is 15.4. The Kier molecular flexibility index (Phi) is 5.60. The maximum Gasteiger partial charge on any atom is 0.234 e. The van der Waals surface area contributed by atoms with Crippen LogP contribution in [0.5, 0.6) is 11.5 Å². The second-order valence-electron chi connectivity index (χ2n) is 7.58. The molecular formula is C20H29N3O3. The van der Waals surface area contributed by atoms with Crippen LogP contribution in [-0.4, -0.2) is 73.7 Å². The average Bonchev–Trinajstić information content (AvgIpc) is 3.33. The monoisotopic (exact) mass is 359 g/mol. The van der Waals surface area contributed by atoms with Gasteiger partial charge in [0.25, 0.3) is 0 Å². The number of carbonyl (C=O) groups excluding carboxylic acids is 1. The molecule has 2 fully saturated rings. The van der Waals surface area contributed by atoms with Crippen LogP contribution >= 0.6 is 0 Å². The summed E-state index contributed by atoms with van der Waals surface area (Å²) in [5, 5.41) is 3.03. The molecule has 6 heteroatoms. The van der Waals surface area contributed by atoms with E-state index in [2.05, 4.69) is 15.1 Å². The van der Waals surface area contributed by atoms with E-state index in [1.165, 1.54) is 38.8 Å². The molecule has 2 saturated heterocycles. The van der Waals surface area contributed by atoms with E-state index in [0.717, 1.165) is 24.6 Å². The third-order valence-corrected chi connectivity index (χ3v) is 5.61. The minimum Gasteiger partial charge on any atom is -0.486 e. The molecule has 2 atom stereocenters. The molecule has 1 aromatic rings. The van der Waals surface area contributed by atoms with Gasteiger partial charge in [-0.1, -0.05) is 12.1 Å². The lowest BCUT2D eigenvalue weighted by Gasteiger charge is -2.29. The summed E-state index contributed by atoms with van der Waals surface area (Å²) in [5.74, 6) is 1.61. The van der Waals surface area contributed by atoms with Crippen molar-refractivity contribution < 1.29 is 14.3 Å². The van der Waals surface area contributed by atoms with Gasteiger partial charge in [-0.05, 0) is 57.5 Å². The molecule has 1 aromatic carbocycles. The number of hydrogen-bond donors (Lipinski definition) is 1. The summed E-state index contributed by atoms with van der Waals surface area (Å²) < 4.78 is 11.6. The molecule has 142 valence electrons. The number of ether oxygens (including phenoxy) is 2. The molecule has 0 aromatic heterocycles. The molecule has 3 aliphatic rings. The van der Waals surface area contributed by atoms with Crippen LogP contribution in [0.4, 0.5) is 0 Å². The van der Waals surface area contributed by atoms with E-state index in [0.29, 0.717) is 25.7 Å². The average molecular weight is 359 g/mol. The molecule has 0 bridgehead atoms. The number of nitrogens with zero attached hydrogens (tertiary/aromatic N) is 2. The van der Waals surface area contributed by atoms with E-state index in [-0.39, 0.29) is 12.0 Å². The number of carbonyl (C=O) groups is 1. The molecule has 6 nitrogen and oxygen atoms in total. The number of fused-ring (bicyclic) bond motifs is 1. The van der Waals surface area contributed by atoms with Crippen molar-refractivity contribution in [2.45, 2.75) is 37.8 Å². The Bertz CT molecular complexity index is 618. The smallest absolute Gasteiger partial charge is 0.234 e. The van der Waals surface area contributed by atoms with Gasteiger partial charge in [-0.15, -0.1) is 0 Å². The molecule has 0 saturated carbocycles. The van der Waals surface area contributed by atoms with Crippen molar-refractivity contribution >= 4 is 5.91 Å². The molecule has 4 rings (SSSR count). The number of rotatable bonds is 6. The van der Waals surface area contributed by atoms with Crippen LogP contribution in [0.25, 0.3) is 0 Å². The zero-order chi connectivity index (χ0) is 17.8. The van der Waals surface area contributed by atoms with Crippen LogP contribution < -0.4 is 14.8 Å². The predicted molar refractivity (Wildman–Crippen MR) is 99.6 cm³/mol. The molecule has 0 aliphatic carbocycles. The number of nitrogens with one attached hydrogen (secondary N) is 1. The van der Waals surface area contributed by atoms with Crippen molar-refractivity contribution in [2.24, 2.45) is 0 Å². The van der Waals surface area contributed by atoms with E-state index in [1.54, 1.807) is 0 Å². The van der Waals surface area contributed by atoms with Gasteiger partial charge in [0, 0.05) is 12.6 Å². The van der Waals surface area contributed by atoms with Crippen molar-refractivity contribution in [2.75, 3.05) is 45.9 Å². The van der Waals surface area contributed by atoms with Gasteiger partial charge in [0.15, 0.2) is 11.5 Å². The standard InChI is InChI=1S/C20H29N3O3/c24-20(14-23-11-5-6-16(23)13-22-9-3-4-10-22)21-12-17-15-25-18-7-1-2-8-19(18)26-17/h1-2,7-8,16-17H,3-6,9-15H2,(H,21,24)/t16-,17-/m0/s1. The van der Waals surface area contributed by atoms with E-state index in [9.17, 15) is 4.79 Å². The fourth-order valence-corrected chi connectivity index (χ4v) is 4.21. The maximum absolute atomic E-state index is 12.4. The van der Waals surface area contributed by atoms with Gasteiger partial charge in [0.05, 0.1) is 13.1 Å². The SMILES string of the molecule is O=C(CN1CCC[C@H]1CN1CCCC1)NC[C@H]1COc2ccccc2O1. The molecule has 1 N–H and O–H groups in total. The summed E-state index contributed by atoms with van der Waals surface area (Å²) in [6.07, 6.45) is 4.91. The summed E-state index contributed by atoms with van der Waals surface area (Å²) in [7, 11) is 0. The van der Waals surface area contributed by atoms with Crippen molar-refractivity contribution in [1.29, 1.82) is 0 Å². The molecule has 26 heavy (non-hydrogen) atoms. The van der Waals surface area contributed by atoms with Crippen LogP contribution in [-0.2, 0) is 4.79 Å². The normalized spacial score (nSPS) is 26.2. The first-order valence-corrected chi connectivity index (χ1v) is 9.89. The van der Waals surface area contributed by atoms with Crippen LogP contribution in [0.2, 0.25) is 0 Å². The molecule has 1 amide bonds. The Morgan fingerprint density at radius 3 is 2.77 bits per heavy atom. The Hall–Kier alpha value is -1.79. The third kappa shape index (κ3) is 4.30. The number of para-hydroxylation sites is 2. The Balaban J connectivity index is 1.21. The number of benzene rings is 1. The van der Waals surface area contributed by atoms with E-state index >= 15 is 0 Å². The van der Waals surface area contributed by atoms with Gasteiger partial charge in [-0.25, -0.2) is 0 Å². The lowest BCUT2D eigenvalue weighted by atomic mass is 10.2. The molecule has 0 radical (unpaired) electrons. The predicted octanol–water partition coefficient (Wildman–Crippen LogP) is 1.50. The first-order valence-electron chi connectivity index (χ1n) is 9.89. The number of likely N-dealkylation sites (tertiary alicyclic amines) is 2. The minimum absolute atomic E-state index is 0.0841. The van der Waals surface area contributed by atoms with Gasteiger partial charge < -0.3 is 19.7 Å². The van der Waals surface area contributed by atoms with Gasteiger partial charge in [-0.3, -0.25) is 9.69 Å². The Morgan fingerprint density at radius 2 is 1.92 bits per heavy atom. The largest absolute Gasteiger partial charge is 0.486 e. The fourth-order valence-electron chi connectivity index (χ4n) is 4.21. The highest BCUT2D eigenvalue weighted by Crippen LogP contribution is 2.30. The van der Waals surface area contributed by atoms with Gasteiger partial charge >= 0.3 is 0 Å². The summed E-state index contributed by atoms with van der Waals surface area (Å²) in [6, 6.07) is 8.18. The molecule has 3 heterocycles. The van der Waals surface area contributed by atoms with Crippen molar-refractivity contribution in [1.82, 2.24) is 15.1 Å². The zero-order valence-electron chi connectivity index (χ0n) is 15.4. The van der Waals surface area contributed by atoms with E-state index in [1.807, 2.05) is 24.3 Å². The molecule has 0 unspecified atom stereocenters. The Morgan fingerprint density at radius 1 is 1.12 bits per heavy atom. The number of amides is 1. The summed E-state index contributed by atoms with van der Waals surface area (Å²) in [6.45, 7) is 6.03. The fraction of sp³-hybridized carbons (Fsp3) is 0.650. The first kappa shape index (κ1) is 17.6. The van der Waals surface area contributed by atoms with Gasteiger partial charge in [0.1, 0.15) is 12.7 Å². The van der Waals surface area contributed by atoms with Crippen LogP contribution in [0.3, 0.4) is 0 Å². The Labute approximate surface area is 155 Å². The first-order chi connectivity index (χ1) is 12.8. The lowest BCUT2D eigenvalue weighted by Crippen LogP contribution is -2.47. The number of hydrogen-bond acceptors (Lipinski definition) is 5. The van der Waals surface area contributed by atoms with Gasteiger partial charge in [-0.2, -0.15) is 0 Å².